The summed E-state index contributed by atoms with van der Waals surface area (Å²) in [6, 6.07) is 10.00. The molecule has 3 nitrogen and oxygen atoms in total. The lowest BCUT2D eigenvalue weighted by atomic mass is 10.3. The van der Waals surface area contributed by atoms with Gasteiger partial charge in [0.25, 0.3) is 10.0 Å². The van der Waals surface area contributed by atoms with E-state index in [1.54, 1.807) is 12.1 Å². The normalized spacial score (nSPS) is 11.3. The molecule has 0 aliphatic heterocycles. The summed E-state index contributed by atoms with van der Waals surface area (Å²) in [4.78, 5) is -0.412. The third kappa shape index (κ3) is 3.37. The Labute approximate surface area is 129 Å². The van der Waals surface area contributed by atoms with Gasteiger partial charge >= 0.3 is 0 Å². The summed E-state index contributed by atoms with van der Waals surface area (Å²) in [6.07, 6.45) is 0. The van der Waals surface area contributed by atoms with Crippen LogP contribution in [0.15, 0.2) is 47.4 Å². The fraction of sp³-hybridized carbons (Fsp3) is 0. The Morgan fingerprint density at radius 2 is 1.84 bits per heavy atom. The van der Waals surface area contributed by atoms with Crippen LogP contribution in [0.25, 0.3) is 0 Å². The second-order valence-electron chi connectivity index (χ2n) is 3.66. The fourth-order valence-electron chi connectivity index (χ4n) is 1.43. The zero-order valence-electron chi connectivity index (χ0n) is 9.40. The van der Waals surface area contributed by atoms with Crippen LogP contribution < -0.4 is 4.72 Å². The third-order valence-corrected chi connectivity index (χ3v) is 4.68. The molecule has 0 aromatic heterocycles. The van der Waals surface area contributed by atoms with Crippen LogP contribution >= 0.6 is 34.2 Å². The van der Waals surface area contributed by atoms with E-state index in [1.807, 2.05) is 0 Å². The van der Waals surface area contributed by atoms with Crippen molar-refractivity contribution < 1.29 is 12.8 Å². The first-order chi connectivity index (χ1) is 8.90. The van der Waals surface area contributed by atoms with E-state index in [0.29, 0.717) is 0 Å². The molecule has 0 spiro atoms. The minimum Gasteiger partial charge on any atom is -0.278 e. The van der Waals surface area contributed by atoms with Crippen LogP contribution in [0.2, 0.25) is 5.02 Å². The second-order valence-corrected chi connectivity index (χ2v) is 6.96. The van der Waals surface area contributed by atoms with E-state index in [1.165, 1.54) is 24.3 Å². The van der Waals surface area contributed by atoms with Crippen LogP contribution in [0.3, 0.4) is 0 Å². The van der Waals surface area contributed by atoms with Crippen LogP contribution in [0.4, 0.5) is 10.1 Å². The van der Waals surface area contributed by atoms with Gasteiger partial charge in [0, 0.05) is 3.57 Å². The highest BCUT2D eigenvalue weighted by atomic mass is 127. The molecule has 0 aliphatic carbocycles. The molecule has 0 fully saturated rings. The maximum atomic E-state index is 13.5. The molecule has 7 heteroatoms. The molecule has 0 atom stereocenters. The highest BCUT2D eigenvalue weighted by Crippen LogP contribution is 2.26. The topological polar surface area (TPSA) is 46.2 Å². The van der Waals surface area contributed by atoms with Crippen LogP contribution in [0, 0.1) is 9.39 Å². The van der Waals surface area contributed by atoms with E-state index in [-0.39, 0.29) is 10.7 Å². The van der Waals surface area contributed by atoms with Crippen molar-refractivity contribution in [3.63, 3.8) is 0 Å². The number of benzene rings is 2. The van der Waals surface area contributed by atoms with E-state index < -0.39 is 20.7 Å². The van der Waals surface area contributed by atoms with Crippen molar-refractivity contribution in [1.29, 1.82) is 0 Å². The smallest absolute Gasteiger partial charge is 0.264 e. The Hall–Kier alpha value is -0.860. The number of rotatable bonds is 3. The predicted octanol–water partition coefficient (Wildman–Crippen LogP) is 3.88. The van der Waals surface area contributed by atoms with Crippen molar-refractivity contribution in [2.45, 2.75) is 4.90 Å². The van der Waals surface area contributed by atoms with Crippen molar-refractivity contribution >= 4 is 49.9 Å². The highest BCUT2D eigenvalue weighted by Gasteiger charge is 2.19. The molecule has 0 saturated carbocycles. The minimum absolute atomic E-state index is 0.213. The van der Waals surface area contributed by atoms with E-state index >= 15 is 0 Å². The van der Waals surface area contributed by atoms with Gasteiger partial charge in [-0.1, -0.05) is 23.7 Å². The van der Waals surface area contributed by atoms with Gasteiger partial charge in [-0.3, -0.25) is 4.72 Å². The summed E-state index contributed by atoms with van der Waals surface area (Å²) in [5.41, 5.74) is 0.213. The first-order valence-corrected chi connectivity index (χ1v) is 8.06. The molecule has 0 saturated heterocycles. The molecule has 19 heavy (non-hydrogen) atoms. The molecule has 2 rings (SSSR count). The van der Waals surface area contributed by atoms with Gasteiger partial charge in [-0.15, -0.1) is 0 Å². The summed E-state index contributed by atoms with van der Waals surface area (Å²) < 4.78 is 40.7. The quantitative estimate of drug-likeness (QED) is 0.779. The van der Waals surface area contributed by atoms with Gasteiger partial charge in [0.2, 0.25) is 0 Å². The molecule has 0 aliphatic rings. The van der Waals surface area contributed by atoms with Gasteiger partial charge in [-0.2, -0.15) is 0 Å². The molecule has 1 N–H and O–H groups in total. The largest absolute Gasteiger partial charge is 0.278 e. The van der Waals surface area contributed by atoms with Crippen LogP contribution in [-0.2, 0) is 10.0 Å². The number of hydrogen-bond donors (Lipinski definition) is 1. The van der Waals surface area contributed by atoms with Gasteiger partial charge < -0.3 is 0 Å². The van der Waals surface area contributed by atoms with Gasteiger partial charge in [0.05, 0.1) is 10.7 Å². The zero-order chi connectivity index (χ0) is 14.0. The van der Waals surface area contributed by atoms with Gasteiger partial charge in [-0.25, -0.2) is 12.8 Å². The molecule has 0 unspecified atom stereocenters. The van der Waals surface area contributed by atoms with Gasteiger partial charge in [0.15, 0.2) is 0 Å². The Morgan fingerprint density at radius 1 is 1.16 bits per heavy atom. The highest BCUT2D eigenvalue weighted by molar-refractivity contribution is 14.1. The number of nitrogens with one attached hydrogen (secondary N) is 1. The van der Waals surface area contributed by atoms with Crippen LogP contribution in [0.1, 0.15) is 0 Å². The summed E-state index contributed by atoms with van der Waals surface area (Å²) in [5.74, 6) is -0.809. The molecule has 100 valence electrons. The maximum absolute atomic E-state index is 13.5. The Kier molecular flexibility index (Phi) is 4.32. The fourth-order valence-corrected chi connectivity index (χ4v) is 3.55. The van der Waals surface area contributed by atoms with Crippen molar-refractivity contribution in [2.75, 3.05) is 4.72 Å². The molecule has 0 amide bonds. The molecular formula is C12H8ClFINO2S. The summed E-state index contributed by atoms with van der Waals surface area (Å²) in [6.45, 7) is 0. The van der Waals surface area contributed by atoms with E-state index in [0.717, 1.165) is 9.64 Å². The summed E-state index contributed by atoms with van der Waals surface area (Å²) in [7, 11) is -3.99. The molecular weight excluding hydrogens is 404 g/mol. The lowest BCUT2D eigenvalue weighted by Gasteiger charge is -2.10. The van der Waals surface area contributed by atoms with Crippen molar-refractivity contribution in [1.82, 2.24) is 0 Å². The first-order valence-electron chi connectivity index (χ1n) is 5.12. The van der Waals surface area contributed by atoms with Gasteiger partial charge in [0.1, 0.15) is 10.7 Å². The summed E-state index contributed by atoms with van der Waals surface area (Å²) >= 11 is 7.99. The van der Waals surface area contributed by atoms with Crippen molar-refractivity contribution in [3.8, 4) is 0 Å². The third-order valence-electron chi connectivity index (χ3n) is 2.30. The van der Waals surface area contributed by atoms with Crippen molar-refractivity contribution in [3.05, 3.63) is 56.9 Å². The predicted molar refractivity (Wildman–Crippen MR) is 81.4 cm³/mol. The Bertz CT molecular complexity index is 721. The first kappa shape index (κ1) is 14.5. The summed E-state index contributed by atoms with van der Waals surface area (Å²) in [5, 5.41) is 0.256. The number of hydrogen-bond acceptors (Lipinski definition) is 2. The number of halogens is 3. The van der Waals surface area contributed by atoms with Gasteiger partial charge in [-0.05, 0) is 52.9 Å². The molecule has 2 aromatic carbocycles. The second kappa shape index (κ2) is 5.64. The van der Waals surface area contributed by atoms with Crippen LogP contribution in [-0.4, -0.2) is 8.42 Å². The van der Waals surface area contributed by atoms with E-state index in [4.69, 9.17) is 11.6 Å². The average molecular weight is 412 g/mol. The molecule has 0 bridgehead atoms. The van der Waals surface area contributed by atoms with Crippen molar-refractivity contribution in [2.24, 2.45) is 0 Å². The Balaban J connectivity index is 2.40. The minimum atomic E-state index is -3.99. The molecule has 0 heterocycles. The monoisotopic (exact) mass is 411 g/mol. The number of sulfonamides is 1. The number of anilines is 1. The van der Waals surface area contributed by atoms with E-state index in [2.05, 4.69) is 27.3 Å². The maximum Gasteiger partial charge on any atom is 0.264 e. The van der Waals surface area contributed by atoms with Crippen LogP contribution in [0.5, 0.6) is 0 Å². The SMILES string of the molecule is O=S(=O)(Nc1ccc(I)cc1Cl)c1ccccc1F. The molecule has 2 aromatic rings. The average Bonchev–Trinajstić information content (AvgIpc) is 2.33. The lowest BCUT2D eigenvalue weighted by Crippen LogP contribution is -2.14. The lowest BCUT2D eigenvalue weighted by molar-refractivity contribution is 0.570. The zero-order valence-corrected chi connectivity index (χ0v) is 13.1. The van der Waals surface area contributed by atoms with E-state index in [9.17, 15) is 12.8 Å². The molecule has 0 radical (unpaired) electrons. The Morgan fingerprint density at radius 3 is 2.47 bits per heavy atom. The standard InChI is InChI=1S/C12H8ClFINO2S/c13-9-7-8(15)5-6-11(9)16-19(17,18)12-4-2-1-3-10(12)14/h1-7,16H.